The lowest BCUT2D eigenvalue weighted by Crippen LogP contribution is -2.40. The zero-order chi connectivity index (χ0) is 20.9. The number of hydrogen-bond acceptors (Lipinski definition) is 5. The monoisotopic (exact) mass is 404 g/mol. The topological polar surface area (TPSA) is 60.0 Å². The Bertz CT molecular complexity index is 1020. The van der Waals surface area contributed by atoms with Crippen LogP contribution < -0.4 is 19.5 Å². The fraction of sp³-hybridized carbons (Fsp3) is 0.208. The van der Waals surface area contributed by atoms with Crippen molar-refractivity contribution in [2.45, 2.75) is 6.17 Å². The zero-order valence-corrected chi connectivity index (χ0v) is 17.0. The van der Waals surface area contributed by atoms with Crippen molar-refractivity contribution in [1.29, 1.82) is 0 Å². The molecule has 0 spiro atoms. The van der Waals surface area contributed by atoms with Crippen LogP contribution in [0, 0.1) is 0 Å². The van der Waals surface area contributed by atoms with E-state index in [1.165, 1.54) is 0 Å². The van der Waals surface area contributed by atoms with Crippen molar-refractivity contribution in [2.24, 2.45) is 0 Å². The van der Waals surface area contributed by atoms with Crippen LogP contribution in [0.2, 0.25) is 0 Å². The number of nitrogens with one attached hydrogen (secondary N) is 1. The van der Waals surface area contributed by atoms with Crippen LogP contribution in [0.25, 0.3) is 0 Å². The fourth-order valence-electron chi connectivity index (χ4n) is 3.46. The highest BCUT2D eigenvalue weighted by molar-refractivity contribution is 6.01. The molecule has 1 heterocycles. The van der Waals surface area contributed by atoms with Gasteiger partial charge in [-0.1, -0.05) is 36.4 Å². The van der Waals surface area contributed by atoms with E-state index < -0.39 is 0 Å². The summed E-state index contributed by atoms with van der Waals surface area (Å²) in [5, 5.41) is 3.42. The number of ether oxygens (including phenoxy) is 3. The molecule has 1 aliphatic heterocycles. The number of methoxy groups -OCH3 is 1. The third-order valence-electron chi connectivity index (χ3n) is 5.01. The van der Waals surface area contributed by atoms with E-state index in [1.54, 1.807) is 19.1 Å². The van der Waals surface area contributed by atoms with Crippen molar-refractivity contribution >= 4 is 11.6 Å². The Labute approximate surface area is 176 Å². The third-order valence-corrected chi connectivity index (χ3v) is 5.01. The third kappa shape index (κ3) is 4.03. The first-order chi connectivity index (χ1) is 14.7. The molecule has 0 saturated heterocycles. The molecule has 6 nitrogen and oxygen atoms in total. The lowest BCUT2D eigenvalue weighted by atomic mass is 10.0. The lowest BCUT2D eigenvalue weighted by Gasteiger charge is -2.35. The van der Waals surface area contributed by atoms with Crippen LogP contribution in [0.15, 0.2) is 72.8 Å². The van der Waals surface area contributed by atoms with Gasteiger partial charge in [-0.25, -0.2) is 0 Å². The van der Waals surface area contributed by atoms with Crippen molar-refractivity contribution in [3.8, 4) is 17.2 Å². The number of fused-ring (bicyclic) bond motifs is 1. The SMILES string of the molecule is COc1cc(C2Nc3ccccc3C(=O)N2C)ccc1OCCOc1ccccc1. The molecule has 1 unspecified atom stereocenters. The van der Waals surface area contributed by atoms with E-state index in [4.69, 9.17) is 14.2 Å². The zero-order valence-electron chi connectivity index (χ0n) is 17.0. The van der Waals surface area contributed by atoms with Gasteiger partial charge in [-0.2, -0.15) is 0 Å². The minimum absolute atomic E-state index is 0.0216. The first-order valence-electron chi connectivity index (χ1n) is 9.78. The highest BCUT2D eigenvalue weighted by Gasteiger charge is 2.30. The first kappa shape index (κ1) is 19.6. The number of carbonyl (C=O) groups is 1. The maximum absolute atomic E-state index is 12.7. The number of amides is 1. The van der Waals surface area contributed by atoms with Crippen molar-refractivity contribution in [3.05, 3.63) is 83.9 Å². The van der Waals surface area contributed by atoms with Gasteiger partial charge in [0.05, 0.1) is 12.7 Å². The molecule has 4 rings (SSSR count). The lowest BCUT2D eigenvalue weighted by molar-refractivity contribution is 0.0735. The smallest absolute Gasteiger partial charge is 0.257 e. The molecule has 154 valence electrons. The summed E-state index contributed by atoms with van der Waals surface area (Å²) in [7, 11) is 3.39. The highest BCUT2D eigenvalue weighted by atomic mass is 16.5. The van der Waals surface area contributed by atoms with Gasteiger partial charge < -0.3 is 24.4 Å². The summed E-state index contributed by atoms with van der Waals surface area (Å²) in [5.41, 5.74) is 2.40. The molecule has 0 saturated carbocycles. The quantitative estimate of drug-likeness (QED) is 0.594. The second-order valence-electron chi connectivity index (χ2n) is 6.93. The highest BCUT2D eigenvalue weighted by Crippen LogP contribution is 2.36. The second kappa shape index (κ2) is 8.78. The number of rotatable bonds is 7. The second-order valence-corrected chi connectivity index (χ2v) is 6.93. The van der Waals surface area contributed by atoms with Gasteiger partial charge in [-0.05, 0) is 42.0 Å². The van der Waals surface area contributed by atoms with Gasteiger partial charge in [0.2, 0.25) is 0 Å². The van der Waals surface area contributed by atoms with Crippen LogP contribution in [-0.4, -0.2) is 38.2 Å². The Balaban J connectivity index is 1.45. The van der Waals surface area contributed by atoms with Gasteiger partial charge in [-0.15, -0.1) is 0 Å². The summed E-state index contributed by atoms with van der Waals surface area (Å²) in [4.78, 5) is 14.4. The fourth-order valence-corrected chi connectivity index (χ4v) is 3.46. The molecular formula is C24H24N2O4. The van der Waals surface area contributed by atoms with Gasteiger partial charge >= 0.3 is 0 Å². The molecule has 0 aliphatic carbocycles. The van der Waals surface area contributed by atoms with Crippen molar-refractivity contribution in [2.75, 3.05) is 32.7 Å². The van der Waals surface area contributed by atoms with Crippen LogP contribution >= 0.6 is 0 Å². The van der Waals surface area contributed by atoms with Gasteiger partial charge in [0.25, 0.3) is 5.91 Å². The number of hydrogen-bond donors (Lipinski definition) is 1. The van der Waals surface area contributed by atoms with Gasteiger partial charge in [-0.3, -0.25) is 4.79 Å². The minimum atomic E-state index is -0.295. The standard InChI is InChI=1S/C24H24N2O4/c1-26-23(25-20-11-7-6-10-19(20)24(26)27)17-12-13-21(22(16-17)28-2)30-15-14-29-18-8-4-3-5-9-18/h3-13,16,23,25H,14-15H2,1-2H3. The molecule has 3 aromatic carbocycles. The summed E-state index contributed by atoms with van der Waals surface area (Å²) in [6.45, 7) is 0.811. The van der Waals surface area contributed by atoms with Gasteiger partial charge in [0, 0.05) is 12.7 Å². The average molecular weight is 404 g/mol. The van der Waals surface area contributed by atoms with Crippen LogP contribution in [0.3, 0.4) is 0 Å². The van der Waals surface area contributed by atoms with E-state index in [1.807, 2.05) is 72.8 Å². The minimum Gasteiger partial charge on any atom is -0.493 e. The molecule has 0 aromatic heterocycles. The number of anilines is 1. The summed E-state index contributed by atoms with van der Waals surface area (Å²) < 4.78 is 17.0. The number of carbonyl (C=O) groups excluding carboxylic acids is 1. The summed E-state index contributed by atoms with van der Waals surface area (Å²) in [6, 6.07) is 22.8. The van der Waals surface area contributed by atoms with Crippen LogP contribution in [0.5, 0.6) is 17.2 Å². The molecule has 1 aliphatic rings. The van der Waals surface area contributed by atoms with Crippen molar-refractivity contribution in [1.82, 2.24) is 4.90 Å². The Kier molecular flexibility index (Phi) is 5.75. The molecule has 30 heavy (non-hydrogen) atoms. The van der Waals surface area contributed by atoms with Crippen LogP contribution in [0.4, 0.5) is 5.69 Å². The predicted octanol–water partition coefficient (Wildman–Crippen LogP) is 4.35. The van der Waals surface area contributed by atoms with E-state index in [-0.39, 0.29) is 12.1 Å². The van der Waals surface area contributed by atoms with Gasteiger partial charge in [0.15, 0.2) is 11.5 Å². The molecule has 1 atom stereocenters. The molecule has 1 amide bonds. The van der Waals surface area contributed by atoms with Crippen LogP contribution in [0.1, 0.15) is 22.1 Å². The van der Waals surface area contributed by atoms with E-state index in [0.717, 1.165) is 17.0 Å². The molecule has 0 bridgehead atoms. The largest absolute Gasteiger partial charge is 0.493 e. The molecular weight excluding hydrogens is 380 g/mol. The molecule has 6 heteroatoms. The first-order valence-corrected chi connectivity index (χ1v) is 9.78. The Morgan fingerprint density at radius 3 is 2.43 bits per heavy atom. The Morgan fingerprint density at radius 1 is 0.900 bits per heavy atom. The van der Waals surface area contributed by atoms with E-state index in [0.29, 0.717) is 30.3 Å². The molecule has 1 N–H and O–H groups in total. The number of nitrogens with zero attached hydrogens (tertiary/aromatic N) is 1. The van der Waals surface area contributed by atoms with Crippen molar-refractivity contribution < 1.29 is 19.0 Å². The number of benzene rings is 3. The Morgan fingerprint density at radius 2 is 1.63 bits per heavy atom. The molecule has 3 aromatic rings. The van der Waals surface area contributed by atoms with Crippen molar-refractivity contribution in [3.63, 3.8) is 0 Å². The Hall–Kier alpha value is -3.67. The van der Waals surface area contributed by atoms with E-state index in [2.05, 4.69) is 5.32 Å². The van der Waals surface area contributed by atoms with E-state index >= 15 is 0 Å². The maximum Gasteiger partial charge on any atom is 0.257 e. The molecule has 0 fully saturated rings. The summed E-state index contributed by atoms with van der Waals surface area (Å²) >= 11 is 0. The number of para-hydroxylation sites is 2. The normalized spacial score (nSPS) is 15.2. The molecule has 0 radical (unpaired) electrons. The summed E-state index contributed by atoms with van der Waals surface area (Å²) in [6.07, 6.45) is -0.295. The predicted molar refractivity (Wildman–Crippen MR) is 115 cm³/mol. The van der Waals surface area contributed by atoms with Crippen LogP contribution in [-0.2, 0) is 0 Å². The summed E-state index contributed by atoms with van der Waals surface area (Å²) in [5.74, 6) is 2.02. The average Bonchev–Trinajstić information content (AvgIpc) is 2.80. The van der Waals surface area contributed by atoms with E-state index in [9.17, 15) is 4.79 Å². The maximum atomic E-state index is 12.7. The van der Waals surface area contributed by atoms with Gasteiger partial charge in [0.1, 0.15) is 25.1 Å².